The molecule has 1 saturated heterocycles. The maximum atomic E-state index is 12.5. The zero-order chi connectivity index (χ0) is 15.2. The first-order chi connectivity index (χ1) is 10.1. The minimum Gasteiger partial charge on any atom is -0.481 e. The summed E-state index contributed by atoms with van der Waals surface area (Å²) in [5.74, 6) is -0.480. The van der Waals surface area contributed by atoms with Gasteiger partial charge in [-0.2, -0.15) is 0 Å². The molecule has 0 unspecified atom stereocenters. The molecule has 0 aliphatic carbocycles. The normalized spacial score (nSPS) is 19.1. The number of carboxylic acids is 1. The number of amides is 1. The van der Waals surface area contributed by atoms with Gasteiger partial charge in [0, 0.05) is 25.1 Å². The average molecular weight is 289 g/mol. The van der Waals surface area contributed by atoms with Crippen LogP contribution in [-0.2, 0) is 11.2 Å². The predicted octanol–water partition coefficient (Wildman–Crippen LogP) is 2.97. The molecule has 1 aromatic rings. The Morgan fingerprint density at radius 3 is 2.52 bits per heavy atom. The summed E-state index contributed by atoms with van der Waals surface area (Å²) in [4.78, 5) is 25.2. The number of benzene rings is 1. The van der Waals surface area contributed by atoms with E-state index in [-0.39, 0.29) is 18.2 Å². The molecular formula is C17H23NO3. The summed E-state index contributed by atoms with van der Waals surface area (Å²) in [5, 5.41) is 8.88. The highest BCUT2D eigenvalue weighted by Gasteiger charge is 2.22. The van der Waals surface area contributed by atoms with Crippen molar-refractivity contribution < 1.29 is 14.7 Å². The van der Waals surface area contributed by atoms with Crippen LogP contribution in [0.2, 0.25) is 0 Å². The molecule has 0 saturated carbocycles. The standard InChI is InChI=1S/C17H23NO3/c1-2-13-5-7-15(8-6-13)17(21)18-10-3-4-14(9-11-18)12-16(19)20/h5-8,14H,2-4,9-12H2,1H3,(H,19,20)/t14-/m0/s1. The lowest BCUT2D eigenvalue weighted by atomic mass is 9.97. The number of nitrogens with zero attached hydrogens (tertiary/aromatic N) is 1. The summed E-state index contributed by atoms with van der Waals surface area (Å²) in [6.45, 7) is 3.48. The molecule has 1 N–H and O–H groups in total. The van der Waals surface area contributed by atoms with Crippen LogP contribution in [0, 0.1) is 5.92 Å². The number of likely N-dealkylation sites (tertiary alicyclic amines) is 1. The molecule has 0 bridgehead atoms. The van der Waals surface area contributed by atoms with E-state index in [2.05, 4.69) is 6.92 Å². The summed E-state index contributed by atoms with van der Waals surface area (Å²) in [6, 6.07) is 7.78. The lowest BCUT2D eigenvalue weighted by Gasteiger charge is -2.20. The van der Waals surface area contributed by atoms with E-state index in [1.54, 1.807) is 0 Å². The Hall–Kier alpha value is -1.84. The average Bonchev–Trinajstić information content (AvgIpc) is 2.71. The van der Waals surface area contributed by atoms with Gasteiger partial charge >= 0.3 is 5.97 Å². The first-order valence-corrected chi connectivity index (χ1v) is 7.70. The smallest absolute Gasteiger partial charge is 0.303 e. The van der Waals surface area contributed by atoms with Gasteiger partial charge < -0.3 is 10.0 Å². The summed E-state index contributed by atoms with van der Waals surface area (Å²) in [5.41, 5.74) is 1.95. The van der Waals surface area contributed by atoms with Gasteiger partial charge in [0.05, 0.1) is 0 Å². The fourth-order valence-electron chi connectivity index (χ4n) is 2.89. The Labute approximate surface area is 125 Å². The van der Waals surface area contributed by atoms with Crippen molar-refractivity contribution in [1.29, 1.82) is 0 Å². The second-order valence-corrected chi connectivity index (χ2v) is 5.74. The molecule has 21 heavy (non-hydrogen) atoms. The molecule has 114 valence electrons. The fraction of sp³-hybridized carbons (Fsp3) is 0.529. The lowest BCUT2D eigenvalue weighted by molar-refractivity contribution is -0.138. The van der Waals surface area contributed by atoms with E-state index in [9.17, 15) is 9.59 Å². The quantitative estimate of drug-likeness (QED) is 0.927. The van der Waals surface area contributed by atoms with Crippen LogP contribution < -0.4 is 0 Å². The Balaban J connectivity index is 1.97. The van der Waals surface area contributed by atoms with E-state index in [0.717, 1.165) is 37.8 Å². The van der Waals surface area contributed by atoms with Gasteiger partial charge in [0.15, 0.2) is 0 Å². The third kappa shape index (κ3) is 4.31. The van der Waals surface area contributed by atoms with Gasteiger partial charge in [-0.05, 0) is 49.3 Å². The van der Waals surface area contributed by atoms with E-state index in [4.69, 9.17) is 5.11 Å². The maximum absolute atomic E-state index is 12.5. The molecule has 1 heterocycles. The fourth-order valence-corrected chi connectivity index (χ4v) is 2.89. The van der Waals surface area contributed by atoms with Crippen LogP contribution in [0.3, 0.4) is 0 Å². The number of hydrogen-bond acceptors (Lipinski definition) is 2. The number of aryl methyl sites for hydroxylation is 1. The van der Waals surface area contributed by atoms with E-state index >= 15 is 0 Å². The van der Waals surface area contributed by atoms with Crippen molar-refractivity contribution in [2.45, 2.75) is 39.0 Å². The molecule has 1 aromatic carbocycles. The number of carboxylic acid groups (broad SMARTS) is 1. The van der Waals surface area contributed by atoms with Gasteiger partial charge in [-0.15, -0.1) is 0 Å². The minimum absolute atomic E-state index is 0.0635. The Kier molecular flexibility index (Phi) is 5.37. The number of aliphatic carboxylic acids is 1. The third-order valence-corrected chi connectivity index (χ3v) is 4.21. The highest BCUT2D eigenvalue weighted by atomic mass is 16.4. The van der Waals surface area contributed by atoms with Gasteiger partial charge in [-0.3, -0.25) is 9.59 Å². The van der Waals surface area contributed by atoms with Crippen LogP contribution in [0.5, 0.6) is 0 Å². The van der Waals surface area contributed by atoms with Gasteiger partial charge in [0.25, 0.3) is 5.91 Å². The Morgan fingerprint density at radius 2 is 1.90 bits per heavy atom. The van der Waals surface area contributed by atoms with Crippen LogP contribution in [-0.4, -0.2) is 35.0 Å². The molecule has 0 aromatic heterocycles. The van der Waals surface area contributed by atoms with Crippen molar-refractivity contribution in [3.63, 3.8) is 0 Å². The summed E-state index contributed by atoms with van der Waals surface area (Å²) < 4.78 is 0. The van der Waals surface area contributed by atoms with Crippen LogP contribution in [0.1, 0.15) is 48.5 Å². The second-order valence-electron chi connectivity index (χ2n) is 5.74. The molecule has 0 radical (unpaired) electrons. The van der Waals surface area contributed by atoms with E-state index in [0.29, 0.717) is 6.54 Å². The van der Waals surface area contributed by atoms with Crippen LogP contribution in [0.25, 0.3) is 0 Å². The van der Waals surface area contributed by atoms with Gasteiger partial charge in [-0.25, -0.2) is 0 Å². The molecule has 1 aliphatic heterocycles. The molecular weight excluding hydrogens is 266 g/mol. The molecule has 0 spiro atoms. The topological polar surface area (TPSA) is 57.6 Å². The number of carbonyl (C=O) groups is 2. The Bertz CT molecular complexity index is 495. The van der Waals surface area contributed by atoms with Gasteiger partial charge in [-0.1, -0.05) is 19.1 Å². The predicted molar refractivity (Wildman–Crippen MR) is 81.3 cm³/mol. The van der Waals surface area contributed by atoms with Crippen LogP contribution in [0.15, 0.2) is 24.3 Å². The Morgan fingerprint density at radius 1 is 1.19 bits per heavy atom. The third-order valence-electron chi connectivity index (χ3n) is 4.21. The van der Waals surface area contributed by atoms with E-state index < -0.39 is 5.97 Å². The van der Waals surface area contributed by atoms with Crippen molar-refractivity contribution in [1.82, 2.24) is 4.90 Å². The van der Waals surface area contributed by atoms with Crippen molar-refractivity contribution in [2.75, 3.05) is 13.1 Å². The zero-order valence-corrected chi connectivity index (χ0v) is 12.5. The van der Waals surface area contributed by atoms with Crippen LogP contribution in [0.4, 0.5) is 0 Å². The minimum atomic E-state index is -0.741. The van der Waals surface area contributed by atoms with Gasteiger partial charge in [0.1, 0.15) is 0 Å². The molecule has 1 aliphatic rings. The molecule has 2 rings (SSSR count). The number of rotatable bonds is 4. The largest absolute Gasteiger partial charge is 0.481 e. The number of hydrogen-bond donors (Lipinski definition) is 1. The molecule has 4 nitrogen and oxygen atoms in total. The highest BCUT2D eigenvalue weighted by Crippen LogP contribution is 2.22. The summed E-state index contributed by atoms with van der Waals surface area (Å²) in [6.07, 6.45) is 3.74. The lowest BCUT2D eigenvalue weighted by Crippen LogP contribution is -2.32. The number of carbonyl (C=O) groups excluding carboxylic acids is 1. The first kappa shape index (κ1) is 15.5. The van der Waals surface area contributed by atoms with Gasteiger partial charge in [0.2, 0.25) is 0 Å². The SMILES string of the molecule is CCc1ccc(C(=O)N2CCC[C@H](CC(=O)O)CC2)cc1. The maximum Gasteiger partial charge on any atom is 0.303 e. The first-order valence-electron chi connectivity index (χ1n) is 7.70. The molecule has 1 fully saturated rings. The molecule has 4 heteroatoms. The van der Waals surface area contributed by atoms with Crippen molar-refractivity contribution >= 4 is 11.9 Å². The molecule has 1 atom stereocenters. The van der Waals surface area contributed by atoms with Crippen molar-refractivity contribution in [3.8, 4) is 0 Å². The van der Waals surface area contributed by atoms with Crippen molar-refractivity contribution in [2.24, 2.45) is 5.92 Å². The summed E-state index contributed by atoms with van der Waals surface area (Å²) >= 11 is 0. The second kappa shape index (κ2) is 7.25. The zero-order valence-electron chi connectivity index (χ0n) is 12.5. The molecule has 1 amide bonds. The van der Waals surface area contributed by atoms with E-state index in [1.807, 2.05) is 29.2 Å². The summed E-state index contributed by atoms with van der Waals surface area (Å²) in [7, 11) is 0. The van der Waals surface area contributed by atoms with E-state index in [1.165, 1.54) is 5.56 Å². The van der Waals surface area contributed by atoms with Crippen molar-refractivity contribution in [3.05, 3.63) is 35.4 Å². The highest BCUT2D eigenvalue weighted by molar-refractivity contribution is 5.94. The monoisotopic (exact) mass is 289 g/mol. The van der Waals surface area contributed by atoms with Crippen LogP contribution >= 0.6 is 0 Å².